The van der Waals surface area contributed by atoms with Crippen molar-refractivity contribution in [1.29, 1.82) is 0 Å². The topological polar surface area (TPSA) is 120 Å². The fourth-order valence-electron chi connectivity index (χ4n) is 5.06. The lowest BCUT2D eigenvalue weighted by Crippen LogP contribution is -2.15. The molecule has 0 radical (unpaired) electrons. The number of rotatable bonds is 52. The van der Waals surface area contributed by atoms with Gasteiger partial charge in [0, 0.05) is 13.2 Å². The van der Waals surface area contributed by atoms with Crippen LogP contribution in [-0.2, 0) is 61.6 Å². The molecule has 332 valence electrons. The molecule has 0 aliphatic rings. The second-order valence-electron chi connectivity index (χ2n) is 13.2. The van der Waals surface area contributed by atoms with Crippen LogP contribution >= 0.6 is 0 Å². The minimum atomic E-state index is 0.517. The van der Waals surface area contributed by atoms with Gasteiger partial charge in [-0.15, -0.1) is 0 Å². The first-order chi connectivity index (χ1) is 27.4. The van der Waals surface area contributed by atoms with Gasteiger partial charge in [0.25, 0.3) is 0 Å². The smallest absolute Gasteiger partial charge is 0.0701 e. The van der Waals surface area contributed by atoms with E-state index in [1.807, 2.05) is 0 Å². The van der Waals surface area contributed by atoms with Gasteiger partial charge in [-0.05, 0) is 12.8 Å². The third-order valence-corrected chi connectivity index (χ3v) is 8.25. The van der Waals surface area contributed by atoms with Crippen molar-refractivity contribution in [1.82, 2.24) is 0 Å². The maximum absolute atomic E-state index is 5.67. The van der Waals surface area contributed by atoms with E-state index in [0.717, 1.165) is 26.1 Å². The number of hydrogen-bond acceptors (Lipinski definition) is 13. The van der Waals surface area contributed by atoms with Crippen LogP contribution in [0.4, 0.5) is 0 Å². The van der Waals surface area contributed by atoms with Gasteiger partial charge in [0.05, 0.1) is 159 Å². The Bertz CT molecular complexity index is 599. The van der Waals surface area contributed by atoms with Crippen molar-refractivity contribution in [2.45, 2.75) is 104 Å². The van der Waals surface area contributed by atoms with Crippen molar-refractivity contribution in [3.05, 3.63) is 0 Å². The Morgan fingerprint density at radius 3 is 0.473 bits per heavy atom. The molecule has 0 N–H and O–H groups in total. The van der Waals surface area contributed by atoms with Gasteiger partial charge in [-0.1, -0.05) is 90.9 Å². The summed E-state index contributed by atoms with van der Waals surface area (Å²) in [5, 5.41) is 0. The number of hydrogen-bond donors (Lipinski definition) is 0. The minimum absolute atomic E-state index is 0.517. The van der Waals surface area contributed by atoms with Crippen molar-refractivity contribution < 1.29 is 61.6 Å². The number of ether oxygens (including phenoxy) is 13. The molecule has 0 aromatic rings. The van der Waals surface area contributed by atoms with E-state index in [-0.39, 0.29) is 0 Å². The van der Waals surface area contributed by atoms with Crippen molar-refractivity contribution in [2.24, 2.45) is 0 Å². The third kappa shape index (κ3) is 53.5. The van der Waals surface area contributed by atoms with Crippen LogP contribution in [0, 0.1) is 0 Å². The Kier molecular flexibility index (Phi) is 53.0. The highest BCUT2D eigenvalue weighted by Crippen LogP contribution is 2.11. The zero-order valence-electron chi connectivity index (χ0n) is 35.6. The molecule has 0 unspecified atom stereocenters. The van der Waals surface area contributed by atoms with E-state index < -0.39 is 0 Å². The van der Waals surface area contributed by atoms with E-state index in [0.29, 0.717) is 159 Å². The van der Waals surface area contributed by atoms with Crippen molar-refractivity contribution in [3.63, 3.8) is 0 Å². The van der Waals surface area contributed by atoms with Gasteiger partial charge in [-0.3, -0.25) is 0 Å². The number of unbranched alkanes of at least 4 members (excludes halogenated alkanes) is 12. The maximum atomic E-state index is 5.67. The zero-order chi connectivity index (χ0) is 39.5. The molecule has 0 rings (SSSR count). The summed E-state index contributed by atoms with van der Waals surface area (Å²) in [6, 6.07) is 0. The molecule has 0 atom stereocenters. The monoisotopic (exact) mass is 799 g/mol. The first kappa shape index (κ1) is 54.5. The Morgan fingerprint density at radius 1 is 0.145 bits per heavy atom. The predicted octanol–water partition coefficient (Wildman–Crippen LogP) is 6.70. The Labute approximate surface area is 336 Å². The molecule has 0 aliphatic heterocycles. The summed E-state index contributed by atoms with van der Waals surface area (Å²) in [6.07, 6.45) is 18.4. The molecule has 13 heteroatoms. The largest absolute Gasteiger partial charge is 0.379 e. The highest BCUT2D eigenvalue weighted by molar-refractivity contribution is 4.48. The molecule has 0 spiro atoms. The van der Waals surface area contributed by atoms with E-state index in [1.165, 1.54) is 77.0 Å². The molecule has 0 amide bonds. The fraction of sp³-hybridized carbons (Fsp3) is 1.00. The molecule has 0 aliphatic carbocycles. The van der Waals surface area contributed by atoms with Crippen LogP contribution in [0.15, 0.2) is 0 Å². The van der Waals surface area contributed by atoms with Crippen molar-refractivity contribution in [3.8, 4) is 0 Å². The second kappa shape index (κ2) is 53.5. The second-order valence-corrected chi connectivity index (χ2v) is 13.2. The normalized spacial score (nSPS) is 11.7. The minimum Gasteiger partial charge on any atom is -0.379 e. The Hall–Kier alpha value is -0.520. The first-order valence-electron chi connectivity index (χ1n) is 21.9. The van der Waals surface area contributed by atoms with Crippen LogP contribution in [0.2, 0.25) is 0 Å². The standard InChI is InChI=1S/C42H86O13/c1-3-5-7-8-9-10-11-12-13-14-16-18-44-20-22-46-24-26-48-28-30-50-32-34-52-36-38-54-40-42-55-41-39-53-37-35-51-33-31-49-29-27-47-25-23-45-21-19-43-17-15-6-4-2/h3-42H2,1-2H3. The summed E-state index contributed by atoms with van der Waals surface area (Å²) in [5.41, 5.74) is 0. The molecular formula is C42H86O13. The summed E-state index contributed by atoms with van der Waals surface area (Å²) in [5.74, 6) is 0. The molecule has 0 aromatic heterocycles. The molecular weight excluding hydrogens is 712 g/mol. The summed E-state index contributed by atoms with van der Waals surface area (Å²) in [7, 11) is 0. The molecule has 13 nitrogen and oxygen atoms in total. The van der Waals surface area contributed by atoms with Gasteiger partial charge in [0.2, 0.25) is 0 Å². The third-order valence-electron chi connectivity index (χ3n) is 8.25. The highest BCUT2D eigenvalue weighted by Gasteiger charge is 1.98. The predicted molar refractivity (Wildman–Crippen MR) is 217 cm³/mol. The Morgan fingerprint density at radius 2 is 0.273 bits per heavy atom. The average molecular weight is 799 g/mol. The molecule has 0 aromatic carbocycles. The molecule has 55 heavy (non-hydrogen) atoms. The average Bonchev–Trinajstić information content (AvgIpc) is 3.20. The van der Waals surface area contributed by atoms with Crippen LogP contribution in [0.5, 0.6) is 0 Å². The molecule has 0 saturated heterocycles. The van der Waals surface area contributed by atoms with Crippen molar-refractivity contribution in [2.75, 3.05) is 172 Å². The molecule has 0 heterocycles. The van der Waals surface area contributed by atoms with Crippen molar-refractivity contribution >= 4 is 0 Å². The lowest BCUT2D eigenvalue weighted by Gasteiger charge is -2.09. The van der Waals surface area contributed by atoms with Gasteiger partial charge in [0.1, 0.15) is 0 Å². The van der Waals surface area contributed by atoms with E-state index in [4.69, 9.17) is 61.6 Å². The van der Waals surface area contributed by atoms with Crippen LogP contribution in [0.1, 0.15) is 104 Å². The van der Waals surface area contributed by atoms with E-state index in [2.05, 4.69) is 13.8 Å². The van der Waals surface area contributed by atoms with Gasteiger partial charge in [0.15, 0.2) is 0 Å². The molecule has 0 bridgehead atoms. The van der Waals surface area contributed by atoms with Gasteiger partial charge < -0.3 is 61.6 Å². The van der Waals surface area contributed by atoms with Crippen LogP contribution in [-0.4, -0.2) is 172 Å². The zero-order valence-corrected chi connectivity index (χ0v) is 35.6. The first-order valence-corrected chi connectivity index (χ1v) is 21.9. The van der Waals surface area contributed by atoms with Crippen LogP contribution < -0.4 is 0 Å². The molecule has 0 fully saturated rings. The highest BCUT2D eigenvalue weighted by atomic mass is 16.6. The quantitative estimate of drug-likeness (QED) is 0.0608. The van der Waals surface area contributed by atoms with E-state index in [1.54, 1.807) is 0 Å². The van der Waals surface area contributed by atoms with Crippen LogP contribution in [0.3, 0.4) is 0 Å². The summed E-state index contributed by atoms with van der Waals surface area (Å²) < 4.78 is 71.8. The van der Waals surface area contributed by atoms with Gasteiger partial charge >= 0.3 is 0 Å². The fourth-order valence-corrected chi connectivity index (χ4v) is 5.06. The summed E-state index contributed by atoms with van der Waals surface area (Å²) in [4.78, 5) is 0. The van der Waals surface area contributed by atoms with Crippen LogP contribution in [0.25, 0.3) is 0 Å². The summed E-state index contributed by atoms with van der Waals surface area (Å²) >= 11 is 0. The summed E-state index contributed by atoms with van der Waals surface area (Å²) in [6.45, 7) is 19.3. The lowest BCUT2D eigenvalue weighted by atomic mass is 10.1. The maximum Gasteiger partial charge on any atom is 0.0701 e. The molecule has 0 saturated carbocycles. The van der Waals surface area contributed by atoms with Gasteiger partial charge in [-0.2, -0.15) is 0 Å². The Balaban J connectivity index is 3.05. The SMILES string of the molecule is CCCCCCCCCCCCCOCCOCCOCCOCCOCCOCCOCCOCCOCCOCCOCCOCCOCCCCC. The van der Waals surface area contributed by atoms with E-state index >= 15 is 0 Å². The van der Waals surface area contributed by atoms with E-state index in [9.17, 15) is 0 Å². The lowest BCUT2D eigenvalue weighted by molar-refractivity contribution is -0.0290. The van der Waals surface area contributed by atoms with Gasteiger partial charge in [-0.25, -0.2) is 0 Å².